The molecule has 0 aliphatic carbocycles. The summed E-state index contributed by atoms with van der Waals surface area (Å²) in [6.07, 6.45) is 1.64. The smallest absolute Gasteiger partial charge is 0.212 e. The van der Waals surface area contributed by atoms with E-state index in [9.17, 15) is 0 Å². The summed E-state index contributed by atoms with van der Waals surface area (Å²) in [6.45, 7) is 2.15. The molecule has 0 aliphatic heterocycles. The summed E-state index contributed by atoms with van der Waals surface area (Å²) in [5.41, 5.74) is 2.73. The fraction of sp³-hybridized carbons (Fsp3) is 0.118. The van der Waals surface area contributed by atoms with Crippen molar-refractivity contribution in [3.05, 3.63) is 66.4 Å². The van der Waals surface area contributed by atoms with Crippen LogP contribution >= 0.6 is 11.8 Å². The predicted molar refractivity (Wildman–Crippen MR) is 89.2 cm³/mol. The molecule has 1 aromatic carbocycles. The minimum absolute atomic E-state index is 0.262. The highest BCUT2D eigenvalue weighted by Gasteiger charge is 2.14. The van der Waals surface area contributed by atoms with E-state index in [0.717, 1.165) is 22.3 Å². The molecule has 0 saturated carbocycles. The minimum atomic E-state index is 0.262. The lowest BCUT2D eigenvalue weighted by molar-refractivity contribution is 0.577. The lowest BCUT2D eigenvalue weighted by atomic mass is 10.2. The van der Waals surface area contributed by atoms with Crippen LogP contribution in [-0.2, 0) is 0 Å². The van der Waals surface area contributed by atoms with Crippen LogP contribution in [0.4, 0.5) is 0 Å². The molecule has 0 N–H and O–H groups in total. The first kappa shape index (κ1) is 14.0. The Hall–Kier alpha value is -2.60. The first-order valence-electron chi connectivity index (χ1n) is 7.29. The molecule has 0 fully saturated rings. The number of fused-ring (bicyclic) bond motifs is 1. The van der Waals surface area contributed by atoms with Crippen molar-refractivity contribution in [3.8, 4) is 11.5 Å². The second kappa shape index (κ2) is 5.89. The van der Waals surface area contributed by atoms with Crippen LogP contribution in [0, 0.1) is 0 Å². The van der Waals surface area contributed by atoms with Crippen LogP contribution in [0.15, 0.2) is 70.4 Å². The van der Waals surface area contributed by atoms with E-state index in [1.807, 2.05) is 42.5 Å². The Bertz CT molecular complexity index is 918. The van der Waals surface area contributed by atoms with Gasteiger partial charge in [0.1, 0.15) is 5.69 Å². The average Bonchev–Trinajstić information content (AvgIpc) is 3.25. The average molecular weight is 322 g/mol. The Kier molecular flexibility index (Phi) is 3.59. The van der Waals surface area contributed by atoms with Gasteiger partial charge in [-0.15, -0.1) is 10.2 Å². The van der Waals surface area contributed by atoms with Gasteiger partial charge in [-0.3, -0.25) is 0 Å². The van der Waals surface area contributed by atoms with E-state index in [2.05, 4.69) is 34.4 Å². The fourth-order valence-corrected chi connectivity index (χ4v) is 3.28. The molecule has 3 heterocycles. The highest BCUT2D eigenvalue weighted by atomic mass is 32.2. The van der Waals surface area contributed by atoms with Gasteiger partial charge in [0.15, 0.2) is 11.4 Å². The largest absolute Gasteiger partial charge is 0.463 e. The zero-order valence-electron chi connectivity index (χ0n) is 12.5. The summed E-state index contributed by atoms with van der Waals surface area (Å²) in [6, 6.07) is 17.9. The third-order valence-electron chi connectivity index (χ3n) is 3.56. The predicted octanol–water partition coefficient (Wildman–Crippen LogP) is 4.24. The maximum Gasteiger partial charge on any atom is 0.212 e. The van der Waals surface area contributed by atoms with E-state index >= 15 is 0 Å². The van der Waals surface area contributed by atoms with Crippen molar-refractivity contribution >= 4 is 17.4 Å². The van der Waals surface area contributed by atoms with Crippen molar-refractivity contribution < 1.29 is 4.42 Å². The molecule has 1 atom stereocenters. The fourth-order valence-electron chi connectivity index (χ4n) is 2.35. The Morgan fingerprint density at radius 1 is 1.00 bits per heavy atom. The van der Waals surface area contributed by atoms with Crippen molar-refractivity contribution in [2.75, 3.05) is 0 Å². The van der Waals surface area contributed by atoms with Crippen LogP contribution in [0.1, 0.15) is 17.7 Å². The molecule has 114 valence electrons. The molecule has 1 unspecified atom stereocenters. The molecule has 23 heavy (non-hydrogen) atoms. The van der Waals surface area contributed by atoms with Crippen LogP contribution in [-0.4, -0.2) is 19.8 Å². The van der Waals surface area contributed by atoms with Gasteiger partial charge in [-0.1, -0.05) is 42.1 Å². The van der Waals surface area contributed by atoms with Gasteiger partial charge in [-0.25, -0.2) is 0 Å². The summed E-state index contributed by atoms with van der Waals surface area (Å²) in [7, 11) is 0. The van der Waals surface area contributed by atoms with Gasteiger partial charge >= 0.3 is 0 Å². The molecule has 3 aromatic heterocycles. The maximum atomic E-state index is 5.41. The van der Waals surface area contributed by atoms with E-state index in [0.29, 0.717) is 0 Å². The van der Waals surface area contributed by atoms with Gasteiger partial charge in [-0.2, -0.15) is 9.61 Å². The number of rotatable bonds is 4. The molecule has 5 nitrogen and oxygen atoms in total. The van der Waals surface area contributed by atoms with Gasteiger partial charge in [0.2, 0.25) is 5.16 Å². The third-order valence-corrected chi connectivity index (χ3v) is 4.65. The highest BCUT2D eigenvalue weighted by Crippen LogP contribution is 2.33. The molecule has 0 bridgehead atoms. The van der Waals surface area contributed by atoms with E-state index < -0.39 is 0 Å². The lowest BCUT2D eigenvalue weighted by Gasteiger charge is -2.09. The van der Waals surface area contributed by atoms with Crippen LogP contribution in [0.25, 0.3) is 17.1 Å². The number of nitrogens with zero attached hydrogens (tertiary/aromatic N) is 4. The molecule has 0 radical (unpaired) electrons. The minimum Gasteiger partial charge on any atom is -0.463 e. The van der Waals surface area contributed by atoms with Crippen molar-refractivity contribution in [1.29, 1.82) is 0 Å². The molecule has 0 saturated heterocycles. The van der Waals surface area contributed by atoms with E-state index in [4.69, 9.17) is 4.42 Å². The molecular weight excluding hydrogens is 308 g/mol. The number of thioether (sulfide) groups is 1. The zero-order chi connectivity index (χ0) is 15.6. The summed E-state index contributed by atoms with van der Waals surface area (Å²) in [4.78, 5) is 0. The van der Waals surface area contributed by atoms with Gasteiger partial charge in [0, 0.05) is 5.25 Å². The first-order chi connectivity index (χ1) is 11.3. The normalized spacial score (nSPS) is 12.6. The Labute approximate surface area is 137 Å². The SMILES string of the molecule is CC(Sc1nnc2ccc(-c3ccco3)nn12)c1ccccc1. The molecule has 0 aliphatic rings. The summed E-state index contributed by atoms with van der Waals surface area (Å²) < 4.78 is 7.18. The second-order valence-corrected chi connectivity index (χ2v) is 6.43. The lowest BCUT2D eigenvalue weighted by Crippen LogP contribution is -1.97. The Morgan fingerprint density at radius 3 is 2.65 bits per heavy atom. The van der Waals surface area contributed by atoms with Crippen LogP contribution in [0.2, 0.25) is 0 Å². The van der Waals surface area contributed by atoms with Crippen molar-refractivity contribution in [2.45, 2.75) is 17.3 Å². The van der Waals surface area contributed by atoms with Crippen LogP contribution in [0.5, 0.6) is 0 Å². The van der Waals surface area contributed by atoms with Gasteiger partial charge in [0.05, 0.1) is 6.26 Å². The standard InChI is InChI=1S/C17H14N4OS/c1-12(13-6-3-2-4-7-13)23-17-19-18-16-10-9-14(20-21(16)17)15-8-5-11-22-15/h2-12H,1H3. The number of hydrogen-bond donors (Lipinski definition) is 0. The van der Waals surface area contributed by atoms with Crippen molar-refractivity contribution in [2.24, 2.45) is 0 Å². The summed E-state index contributed by atoms with van der Waals surface area (Å²) in [5.74, 6) is 0.729. The quantitative estimate of drug-likeness (QED) is 0.526. The van der Waals surface area contributed by atoms with Gasteiger partial charge in [0.25, 0.3) is 0 Å². The molecule has 0 amide bonds. The Balaban J connectivity index is 1.69. The van der Waals surface area contributed by atoms with Crippen LogP contribution < -0.4 is 0 Å². The van der Waals surface area contributed by atoms with Crippen molar-refractivity contribution in [3.63, 3.8) is 0 Å². The van der Waals surface area contributed by atoms with Gasteiger partial charge < -0.3 is 4.42 Å². The second-order valence-electron chi connectivity index (χ2n) is 5.12. The first-order valence-corrected chi connectivity index (χ1v) is 8.17. The number of furan rings is 1. The molecule has 4 aromatic rings. The highest BCUT2D eigenvalue weighted by molar-refractivity contribution is 7.99. The summed E-state index contributed by atoms with van der Waals surface area (Å²) in [5, 5.41) is 14.1. The van der Waals surface area contributed by atoms with E-state index in [1.165, 1.54) is 5.56 Å². The third kappa shape index (κ3) is 2.73. The molecule has 0 spiro atoms. The van der Waals surface area contributed by atoms with Gasteiger partial charge in [-0.05, 0) is 36.8 Å². The molecular formula is C17H14N4OS. The maximum absolute atomic E-state index is 5.41. The van der Waals surface area contributed by atoms with Crippen molar-refractivity contribution in [1.82, 2.24) is 19.8 Å². The Morgan fingerprint density at radius 2 is 1.87 bits per heavy atom. The number of hydrogen-bond acceptors (Lipinski definition) is 5. The zero-order valence-corrected chi connectivity index (χ0v) is 13.3. The molecule has 4 rings (SSSR count). The monoisotopic (exact) mass is 322 g/mol. The van der Waals surface area contributed by atoms with E-state index in [-0.39, 0.29) is 5.25 Å². The number of benzene rings is 1. The van der Waals surface area contributed by atoms with E-state index in [1.54, 1.807) is 22.5 Å². The number of aromatic nitrogens is 4. The topological polar surface area (TPSA) is 56.2 Å². The molecule has 6 heteroatoms. The summed E-state index contributed by atoms with van der Waals surface area (Å²) >= 11 is 1.64. The van der Waals surface area contributed by atoms with Crippen LogP contribution in [0.3, 0.4) is 0 Å².